The first kappa shape index (κ1) is 16.6. The maximum Gasteiger partial charge on any atom is 0.0257 e. The highest BCUT2D eigenvalue weighted by atomic mass is 35.5. The van der Waals surface area contributed by atoms with Gasteiger partial charge in [0.05, 0.1) is 0 Å². The van der Waals surface area contributed by atoms with Crippen molar-refractivity contribution in [2.24, 2.45) is 5.92 Å². The van der Waals surface area contributed by atoms with Crippen LogP contribution < -0.4 is 0 Å². The largest absolute Gasteiger partial charge is 0.162 e. The molecule has 0 rings (SSSR count). The number of halogens is 1. The van der Waals surface area contributed by atoms with Crippen molar-refractivity contribution in [1.82, 2.24) is 0 Å². The summed E-state index contributed by atoms with van der Waals surface area (Å²) in [4.78, 5) is 0. The van der Waals surface area contributed by atoms with Crippen LogP contribution in [0.4, 0.5) is 0 Å². The summed E-state index contributed by atoms with van der Waals surface area (Å²) in [7, 11) is 0. The minimum Gasteiger partial charge on any atom is -0.162 e. The Kier molecular flexibility index (Phi) is 14.3. The quantitative estimate of drug-likeness (QED) is 0.320. The number of hydrogen-bond acceptors (Lipinski definition) is 1. The lowest BCUT2D eigenvalue weighted by Gasteiger charge is -2.06. The molecule has 0 aliphatic carbocycles. The molecule has 0 saturated heterocycles. The summed E-state index contributed by atoms with van der Waals surface area (Å²) in [5.74, 6) is 4.06. The normalized spacial score (nSPS) is 12.9. The van der Waals surface area contributed by atoms with Crippen molar-refractivity contribution in [3.8, 4) is 0 Å². The second-order valence-corrected chi connectivity index (χ2v) is 6.27. The van der Waals surface area contributed by atoms with Gasteiger partial charge in [-0.05, 0) is 23.8 Å². The van der Waals surface area contributed by atoms with Crippen molar-refractivity contribution in [1.29, 1.82) is 0 Å². The van der Waals surface area contributed by atoms with E-state index in [1.165, 1.54) is 62.9 Å². The molecule has 0 spiro atoms. The zero-order valence-electron chi connectivity index (χ0n) is 11.1. The Labute approximate surface area is 112 Å². The Morgan fingerprint density at radius 1 is 0.938 bits per heavy atom. The van der Waals surface area contributed by atoms with Crippen LogP contribution in [-0.2, 0) is 0 Å². The van der Waals surface area contributed by atoms with Gasteiger partial charge < -0.3 is 0 Å². The summed E-state index contributed by atoms with van der Waals surface area (Å²) < 4.78 is 0. The molecule has 0 N–H and O–H groups in total. The van der Waals surface area contributed by atoms with E-state index in [2.05, 4.69) is 25.6 Å². The zero-order valence-corrected chi connectivity index (χ0v) is 12.7. The molecular weight excluding hydrogens is 236 g/mol. The number of alkyl halides is 1. The van der Waals surface area contributed by atoms with Crippen LogP contribution in [0.2, 0.25) is 0 Å². The Hall–Kier alpha value is 0.640. The topological polar surface area (TPSA) is 0 Å². The van der Waals surface area contributed by atoms with Gasteiger partial charge in [0, 0.05) is 5.88 Å². The molecular formula is C14H29ClS. The predicted octanol–water partition coefficient (Wildman–Crippen LogP) is 5.74. The SMILES string of the molecule is CCCCCCCCCCSCC(C)CCl. The molecule has 0 fully saturated rings. The summed E-state index contributed by atoms with van der Waals surface area (Å²) in [6, 6.07) is 0. The molecule has 0 aromatic rings. The average Bonchev–Trinajstić information content (AvgIpc) is 2.31. The summed E-state index contributed by atoms with van der Waals surface area (Å²) in [6.07, 6.45) is 11.4. The molecule has 0 aliphatic heterocycles. The second-order valence-electron chi connectivity index (χ2n) is 4.81. The van der Waals surface area contributed by atoms with Gasteiger partial charge in [0.1, 0.15) is 0 Å². The van der Waals surface area contributed by atoms with Gasteiger partial charge in [-0.1, -0.05) is 58.8 Å². The fraction of sp³-hybridized carbons (Fsp3) is 1.00. The van der Waals surface area contributed by atoms with E-state index in [0.717, 1.165) is 5.88 Å². The van der Waals surface area contributed by atoms with E-state index in [4.69, 9.17) is 11.6 Å². The molecule has 0 amide bonds. The van der Waals surface area contributed by atoms with Gasteiger partial charge in [-0.2, -0.15) is 11.8 Å². The summed E-state index contributed by atoms with van der Waals surface area (Å²) in [6.45, 7) is 4.51. The third-order valence-corrected chi connectivity index (χ3v) is 4.72. The summed E-state index contributed by atoms with van der Waals surface area (Å²) >= 11 is 7.84. The average molecular weight is 265 g/mol. The molecule has 98 valence electrons. The number of hydrogen-bond donors (Lipinski definition) is 0. The van der Waals surface area contributed by atoms with Gasteiger partial charge in [0.2, 0.25) is 0 Å². The third-order valence-electron chi connectivity index (χ3n) is 2.81. The maximum absolute atomic E-state index is 5.76. The molecule has 0 saturated carbocycles. The van der Waals surface area contributed by atoms with E-state index in [0.29, 0.717) is 5.92 Å². The third kappa shape index (κ3) is 12.7. The first-order valence-corrected chi connectivity index (χ1v) is 8.63. The van der Waals surface area contributed by atoms with E-state index in [-0.39, 0.29) is 0 Å². The van der Waals surface area contributed by atoms with Crippen LogP contribution in [0.15, 0.2) is 0 Å². The van der Waals surface area contributed by atoms with Gasteiger partial charge >= 0.3 is 0 Å². The predicted molar refractivity (Wildman–Crippen MR) is 79.8 cm³/mol. The van der Waals surface area contributed by atoms with Crippen LogP contribution in [0.25, 0.3) is 0 Å². The molecule has 0 aliphatic rings. The molecule has 0 radical (unpaired) electrons. The van der Waals surface area contributed by atoms with Crippen molar-refractivity contribution in [3.63, 3.8) is 0 Å². The van der Waals surface area contributed by atoms with Gasteiger partial charge in [0.15, 0.2) is 0 Å². The molecule has 1 atom stereocenters. The van der Waals surface area contributed by atoms with Crippen molar-refractivity contribution < 1.29 is 0 Å². The molecule has 0 bridgehead atoms. The highest BCUT2D eigenvalue weighted by Gasteiger charge is 1.99. The van der Waals surface area contributed by atoms with Crippen LogP contribution in [0.1, 0.15) is 65.2 Å². The van der Waals surface area contributed by atoms with Gasteiger partial charge in [-0.3, -0.25) is 0 Å². The molecule has 16 heavy (non-hydrogen) atoms. The molecule has 0 aromatic carbocycles. The van der Waals surface area contributed by atoms with Crippen LogP contribution in [0.5, 0.6) is 0 Å². The summed E-state index contributed by atoms with van der Waals surface area (Å²) in [5, 5.41) is 0. The first-order valence-electron chi connectivity index (χ1n) is 6.95. The standard InChI is InChI=1S/C14H29ClS/c1-3-4-5-6-7-8-9-10-11-16-13-14(2)12-15/h14H,3-13H2,1-2H3. The van der Waals surface area contributed by atoms with Gasteiger partial charge in [-0.25, -0.2) is 0 Å². The van der Waals surface area contributed by atoms with E-state index in [1.54, 1.807) is 0 Å². The zero-order chi connectivity index (χ0) is 12.1. The van der Waals surface area contributed by atoms with Crippen molar-refractivity contribution >= 4 is 23.4 Å². The van der Waals surface area contributed by atoms with E-state index >= 15 is 0 Å². The van der Waals surface area contributed by atoms with Crippen LogP contribution >= 0.6 is 23.4 Å². The number of rotatable bonds is 12. The van der Waals surface area contributed by atoms with Gasteiger partial charge in [-0.15, -0.1) is 11.6 Å². The van der Waals surface area contributed by atoms with Crippen molar-refractivity contribution in [2.75, 3.05) is 17.4 Å². The summed E-state index contributed by atoms with van der Waals surface area (Å²) in [5.41, 5.74) is 0. The van der Waals surface area contributed by atoms with E-state index in [9.17, 15) is 0 Å². The monoisotopic (exact) mass is 264 g/mol. The van der Waals surface area contributed by atoms with Crippen molar-refractivity contribution in [3.05, 3.63) is 0 Å². The Balaban J connectivity index is 2.93. The van der Waals surface area contributed by atoms with Crippen LogP contribution in [0.3, 0.4) is 0 Å². The molecule has 2 heteroatoms. The highest BCUT2D eigenvalue weighted by molar-refractivity contribution is 7.99. The maximum atomic E-state index is 5.76. The fourth-order valence-electron chi connectivity index (χ4n) is 1.67. The molecule has 0 aromatic heterocycles. The first-order chi connectivity index (χ1) is 7.81. The Morgan fingerprint density at radius 2 is 1.50 bits per heavy atom. The van der Waals surface area contributed by atoms with E-state index < -0.39 is 0 Å². The fourth-order valence-corrected chi connectivity index (χ4v) is 3.00. The minimum atomic E-state index is 0.681. The Bertz CT molecular complexity index is 128. The van der Waals surface area contributed by atoms with Crippen molar-refractivity contribution in [2.45, 2.75) is 65.2 Å². The van der Waals surface area contributed by atoms with Crippen LogP contribution in [0, 0.1) is 5.92 Å². The molecule has 0 nitrogen and oxygen atoms in total. The second kappa shape index (κ2) is 13.7. The molecule has 0 heterocycles. The van der Waals surface area contributed by atoms with Crippen LogP contribution in [-0.4, -0.2) is 17.4 Å². The lowest BCUT2D eigenvalue weighted by molar-refractivity contribution is 0.586. The lowest BCUT2D eigenvalue weighted by atomic mass is 10.1. The lowest BCUT2D eigenvalue weighted by Crippen LogP contribution is -1.99. The molecule has 1 unspecified atom stereocenters. The number of thioether (sulfide) groups is 1. The minimum absolute atomic E-state index is 0.681. The smallest absolute Gasteiger partial charge is 0.0257 e. The van der Waals surface area contributed by atoms with E-state index in [1.807, 2.05) is 0 Å². The van der Waals surface area contributed by atoms with Gasteiger partial charge in [0.25, 0.3) is 0 Å². The highest BCUT2D eigenvalue weighted by Crippen LogP contribution is 2.14. The Morgan fingerprint density at radius 3 is 2.06 bits per heavy atom. The number of unbranched alkanes of at least 4 members (excludes halogenated alkanes) is 7.